The molecule has 0 aromatic heterocycles. The maximum Gasteiger partial charge on any atom is 0.307 e. The van der Waals surface area contributed by atoms with Gasteiger partial charge in [-0.3, -0.25) is 9.59 Å². The molecule has 1 amide bonds. The SMILES string of the molecule is CCC1C[C@H](C(=O)NC(C)C2CCCCC2)[C@H](C(=O)O)C1. The summed E-state index contributed by atoms with van der Waals surface area (Å²) in [6.07, 6.45) is 8.54. The highest BCUT2D eigenvalue weighted by atomic mass is 16.4. The van der Waals surface area contributed by atoms with E-state index in [1.807, 2.05) is 0 Å². The minimum Gasteiger partial charge on any atom is -0.481 e. The summed E-state index contributed by atoms with van der Waals surface area (Å²) in [6.45, 7) is 4.16. The highest BCUT2D eigenvalue weighted by Crippen LogP contribution is 2.38. The maximum atomic E-state index is 12.5. The fourth-order valence-corrected chi connectivity index (χ4v) is 4.12. The largest absolute Gasteiger partial charge is 0.481 e. The molecule has 0 spiro atoms. The smallest absolute Gasteiger partial charge is 0.307 e. The van der Waals surface area contributed by atoms with E-state index in [0.717, 1.165) is 12.8 Å². The average Bonchev–Trinajstić information content (AvgIpc) is 2.92. The van der Waals surface area contributed by atoms with Gasteiger partial charge in [0.05, 0.1) is 11.8 Å². The molecule has 0 radical (unpaired) electrons. The normalized spacial score (nSPS) is 31.8. The second kappa shape index (κ2) is 7.28. The third-order valence-corrected chi connectivity index (χ3v) is 5.62. The summed E-state index contributed by atoms with van der Waals surface area (Å²) in [5, 5.41) is 12.5. The van der Waals surface area contributed by atoms with Gasteiger partial charge in [-0.05, 0) is 44.4 Å². The fraction of sp³-hybridized carbons (Fsp3) is 0.882. The predicted molar refractivity (Wildman–Crippen MR) is 81.8 cm³/mol. The first kappa shape index (κ1) is 16.3. The lowest BCUT2D eigenvalue weighted by molar-refractivity contribution is -0.146. The van der Waals surface area contributed by atoms with Crippen LogP contribution in [0.15, 0.2) is 0 Å². The molecule has 2 saturated carbocycles. The van der Waals surface area contributed by atoms with E-state index < -0.39 is 11.9 Å². The van der Waals surface area contributed by atoms with Crippen molar-refractivity contribution in [1.82, 2.24) is 5.32 Å². The first-order valence-corrected chi connectivity index (χ1v) is 8.56. The van der Waals surface area contributed by atoms with Crippen molar-refractivity contribution >= 4 is 11.9 Å². The number of carbonyl (C=O) groups excluding carboxylic acids is 1. The number of aliphatic carboxylic acids is 1. The molecule has 0 saturated heterocycles. The molecular weight excluding hydrogens is 266 g/mol. The van der Waals surface area contributed by atoms with E-state index >= 15 is 0 Å². The van der Waals surface area contributed by atoms with Crippen LogP contribution in [0, 0.1) is 23.7 Å². The van der Waals surface area contributed by atoms with E-state index in [1.165, 1.54) is 32.1 Å². The Bertz CT molecular complexity index is 376. The van der Waals surface area contributed by atoms with Gasteiger partial charge in [-0.1, -0.05) is 32.6 Å². The lowest BCUT2D eigenvalue weighted by Gasteiger charge is -2.29. The molecule has 0 aromatic rings. The van der Waals surface area contributed by atoms with E-state index in [9.17, 15) is 14.7 Å². The minimum absolute atomic E-state index is 0.0311. The predicted octanol–water partition coefficient (Wildman–Crippen LogP) is 3.21. The number of amides is 1. The summed E-state index contributed by atoms with van der Waals surface area (Å²) in [5.41, 5.74) is 0. The number of carbonyl (C=O) groups is 2. The molecule has 2 aliphatic rings. The molecule has 4 atom stereocenters. The van der Waals surface area contributed by atoms with Crippen molar-refractivity contribution in [3.8, 4) is 0 Å². The van der Waals surface area contributed by atoms with Gasteiger partial charge in [-0.25, -0.2) is 0 Å². The molecule has 4 heteroatoms. The zero-order valence-electron chi connectivity index (χ0n) is 13.3. The van der Waals surface area contributed by atoms with E-state index in [1.54, 1.807) is 0 Å². The molecule has 0 bridgehead atoms. The summed E-state index contributed by atoms with van der Waals surface area (Å²) in [5.74, 6) is -0.721. The van der Waals surface area contributed by atoms with Crippen molar-refractivity contribution in [2.24, 2.45) is 23.7 Å². The molecule has 0 heterocycles. The Labute approximate surface area is 127 Å². The van der Waals surface area contributed by atoms with Crippen molar-refractivity contribution in [3.63, 3.8) is 0 Å². The molecular formula is C17H29NO3. The average molecular weight is 295 g/mol. The van der Waals surface area contributed by atoms with Crippen LogP contribution in [0.2, 0.25) is 0 Å². The molecule has 2 N–H and O–H groups in total. The fourth-order valence-electron chi connectivity index (χ4n) is 4.12. The molecule has 2 fully saturated rings. The molecule has 120 valence electrons. The maximum absolute atomic E-state index is 12.5. The number of rotatable bonds is 5. The molecule has 2 unspecified atom stereocenters. The Hall–Kier alpha value is -1.06. The molecule has 2 rings (SSSR count). The zero-order valence-corrected chi connectivity index (χ0v) is 13.3. The highest BCUT2D eigenvalue weighted by molar-refractivity contribution is 5.85. The first-order valence-electron chi connectivity index (χ1n) is 8.56. The number of hydrogen-bond donors (Lipinski definition) is 2. The Morgan fingerprint density at radius 2 is 1.76 bits per heavy atom. The molecule has 0 aliphatic heterocycles. The van der Waals surface area contributed by atoms with E-state index in [2.05, 4.69) is 19.2 Å². The van der Waals surface area contributed by atoms with Crippen LogP contribution in [0.25, 0.3) is 0 Å². The van der Waals surface area contributed by atoms with Gasteiger partial charge in [-0.2, -0.15) is 0 Å². The Balaban J connectivity index is 1.93. The van der Waals surface area contributed by atoms with Gasteiger partial charge in [0.1, 0.15) is 0 Å². The van der Waals surface area contributed by atoms with Gasteiger partial charge in [0.25, 0.3) is 0 Å². The molecule has 4 nitrogen and oxygen atoms in total. The Kier molecular flexibility index (Phi) is 5.65. The summed E-state index contributed by atoms with van der Waals surface area (Å²) < 4.78 is 0. The van der Waals surface area contributed by atoms with Gasteiger partial charge in [-0.15, -0.1) is 0 Å². The van der Waals surface area contributed by atoms with E-state index in [4.69, 9.17) is 0 Å². The molecule has 21 heavy (non-hydrogen) atoms. The van der Waals surface area contributed by atoms with Gasteiger partial charge >= 0.3 is 5.97 Å². The van der Waals surface area contributed by atoms with Crippen LogP contribution in [0.4, 0.5) is 0 Å². The highest BCUT2D eigenvalue weighted by Gasteiger charge is 2.42. The van der Waals surface area contributed by atoms with Crippen LogP contribution in [0.5, 0.6) is 0 Å². The third-order valence-electron chi connectivity index (χ3n) is 5.62. The Morgan fingerprint density at radius 3 is 2.33 bits per heavy atom. The summed E-state index contributed by atoms with van der Waals surface area (Å²) in [7, 11) is 0. The van der Waals surface area contributed by atoms with Crippen molar-refractivity contribution < 1.29 is 14.7 Å². The van der Waals surface area contributed by atoms with E-state index in [0.29, 0.717) is 18.3 Å². The van der Waals surface area contributed by atoms with Crippen molar-refractivity contribution in [1.29, 1.82) is 0 Å². The second-order valence-electron chi connectivity index (χ2n) is 6.99. The second-order valence-corrected chi connectivity index (χ2v) is 6.99. The van der Waals surface area contributed by atoms with Crippen LogP contribution < -0.4 is 5.32 Å². The van der Waals surface area contributed by atoms with Crippen LogP contribution in [-0.4, -0.2) is 23.0 Å². The topological polar surface area (TPSA) is 66.4 Å². The molecule has 0 aromatic carbocycles. The van der Waals surface area contributed by atoms with Crippen LogP contribution in [0.1, 0.15) is 65.2 Å². The zero-order chi connectivity index (χ0) is 15.4. The summed E-state index contributed by atoms with van der Waals surface area (Å²) in [6, 6.07) is 0.174. The van der Waals surface area contributed by atoms with Gasteiger partial charge in [0, 0.05) is 6.04 Å². The van der Waals surface area contributed by atoms with Crippen LogP contribution in [-0.2, 0) is 9.59 Å². The number of nitrogens with one attached hydrogen (secondary N) is 1. The van der Waals surface area contributed by atoms with Crippen molar-refractivity contribution in [3.05, 3.63) is 0 Å². The number of carboxylic acid groups (broad SMARTS) is 1. The number of carboxylic acids is 1. The third kappa shape index (κ3) is 3.98. The van der Waals surface area contributed by atoms with Crippen LogP contribution >= 0.6 is 0 Å². The number of hydrogen-bond acceptors (Lipinski definition) is 2. The van der Waals surface area contributed by atoms with E-state index in [-0.39, 0.29) is 17.9 Å². The van der Waals surface area contributed by atoms with Crippen molar-refractivity contribution in [2.75, 3.05) is 0 Å². The lowest BCUT2D eigenvalue weighted by Crippen LogP contribution is -2.43. The summed E-state index contributed by atoms with van der Waals surface area (Å²) >= 11 is 0. The van der Waals surface area contributed by atoms with Gasteiger partial charge < -0.3 is 10.4 Å². The summed E-state index contributed by atoms with van der Waals surface area (Å²) in [4.78, 5) is 23.9. The standard InChI is InChI=1S/C17H29NO3/c1-3-12-9-14(15(10-12)17(20)21)16(19)18-11(2)13-7-5-4-6-8-13/h11-15H,3-10H2,1-2H3,(H,18,19)(H,20,21)/t11?,12?,14-,15+/m0/s1. The first-order chi connectivity index (χ1) is 10.0. The quantitative estimate of drug-likeness (QED) is 0.818. The minimum atomic E-state index is -0.809. The van der Waals surface area contributed by atoms with Crippen molar-refractivity contribution in [2.45, 2.75) is 71.3 Å². The van der Waals surface area contributed by atoms with Gasteiger partial charge in [0.2, 0.25) is 5.91 Å². The van der Waals surface area contributed by atoms with Gasteiger partial charge in [0.15, 0.2) is 0 Å². The lowest BCUT2D eigenvalue weighted by atomic mass is 9.84. The monoisotopic (exact) mass is 295 g/mol. The molecule has 2 aliphatic carbocycles. The van der Waals surface area contributed by atoms with Crippen LogP contribution in [0.3, 0.4) is 0 Å². The Morgan fingerprint density at radius 1 is 1.14 bits per heavy atom.